The van der Waals surface area contributed by atoms with Crippen LogP contribution in [0.1, 0.15) is 220 Å². The van der Waals surface area contributed by atoms with Crippen molar-refractivity contribution in [3.63, 3.8) is 0 Å². The van der Waals surface area contributed by atoms with E-state index in [1.165, 1.54) is 32.1 Å². The highest BCUT2D eigenvalue weighted by molar-refractivity contribution is 5.71. The van der Waals surface area contributed by atoms with Gasteiger partial charge in [-0.25, -0.2) is 0 Å². The van der Waals surface area contributed by atoms with Crippen molar-refractivity contribution in [2.45, 2.75) is 226 Å². The Morgan fingerprint density at radius 2 is 0.539 bits per heavy atom. The summed E-state index contributed by atoms with van der Waals surface area (Å²) < 4.78 is 16.7. The van der Waals surface area contributed by atoms with E-state index in [4.69, 9.17) is 14.2 Å². The van der Waals surface area contributed by atoms with E-state index >= 15 is 0 Å². The van der Waals surface area contributed by atoms with Crippen molar-refractivity contribution >= 4 is 17.9 Å². The number of esters is 3. The van der Waals surface area contributed by atoms with Crippen molar-refractivity contribution in [1.29, 1.82) is 0 Å². The van der Waals surface area contributed by atoms with Gasteiger partial charge in [-0.1, -0.05) is 254 Å². The molecule has 0 radical (unpaired) electrons. The average Bonchev–Trinajstić information content (AvgIpc) is 3.42. The fraction of sp³-hybridized carbons (Fsp3) is 0.529. The lowest BCUT2D eigenvalue weighted by Gasteiger charge is -2.18. The Bertz CT molecular complexity index is 1820. The monoisotopic (exact) mass is 1040 g/mol. The van der Waals surface area contributed by atoms with Crippen LogP contribution in [0.25, 0.3) is 0 Å². The molecule has 76 heavy (non-hydrogen) atoms. The van der Waals surface area contributed by atoms with Crippen molar-refractivity contribution in [3.05, 3.63) is 182 Å². The van der Waals surface area contributed by atoms with Crippen LogP contribution in [0.2, 0.25) is 0 Å². The molecule has 6 nitrogen and oxygen atoms in total. The van der Waals surface area contributed by atoms with Gasteiger partial charge in [0.15, 0.2) is 6.10 Å². The number of allylic oxidation sites excluding steroid dienone is 30. The van der Waals surface area contributed by atoms with Crippen LogP contribution < -0.4 is 0 Å². The number of unbranched alkanes of at least 4 members (excludes halogenated alkanes) is 10. The summed E-state index contributed by atoms with van der Waals surface area (Å²) in [7, 11) is 0. The standard InChI is InChI=1S/C70H106O6/c1-4-7-10-13-16-19-21-23-25-27-29-30-31-32-33-34-35-36-37-38-39-40-42-43-45-47-49-51-54-57-60-63-69(72)75-66-67(65-74-68(71)62-59-56-53-18-15-12-9-6-3)76-70(73)64-61-58-55-52-50-48-46-44-41-28-26-24-22-20-17-14-11-8-5-2/h7-8,10-11,16-17,19-20,23-26,29-30,32-33,35-36,38-39,41-44,47-50,55,58,67H,4-6,9,12-15,18,21-22,27-28,31,34,37,40,45-46,51-54,56-57,59-66H2,1-3H3/b10-7-,11-8-,19-16-,20-17-,25-23-,26-24-,30-29-,33-32-,36-35-,39-38-,43-42-,44-41-,49-47-,50-48-,58-55-. The molecule has 0 amide bonds. The predicted octanol–water partition coefficient (Wildman–Crippen LogP) is 20.5. The number of hydrogen-bond donors (Lipinski definition) is 0. The second-order valence-electron chi connectivity index (χ2n) is 18.8. The van der Waals surface area contributed by atoms with Crippen molar-refractivity contribution in [2.75, 3.05) is 13.2 Å². The van der Waals surface area contributed by atoms with E-state index < -0.39 is 12.1 Å². The number of hydrogen-bond acceptors (Lipinski definition) is 6. The number of ether oxygens (including phenoxy) is 3. The van der Waals surface area contributed by atoms with Gasteiger partial charge in [0.05, 0.1) is 0 Å². The van der Waals surface area contributed by atoms with Gasteiger partial charge in [-0.3, -0.25) is 14.4 Å². The second kappa shape index (κ2) is 62.1. The van der Waals surface area contributed by atoms with Crippen LogP contribution >= 0.6 is 0 Å². The summed E-state index contributed by atoms with van der Waals surface area (Å²) in [5.41, 5.74) is 0. The summed E-state index contributed by atoms with van der Waals surface area (Å²) in [5.74, 6) is -1.06. The van der Waals surface area contributed by atoms with Gasteiger partial charge in [0.2, 0.25) is 0 Å². The Hall–Kier alpha value is -5.49. The van der Waals surface area contributed by atoms with Crippen molar-refractivity contribution in [2.24, 2.45) is 0 Å². The predicted molar refractivity (Wildman–Crippen MR) is 329 cm³/mol. The van der Waals surface area contributed by atoms with Crippen LogP contribution in [0.3, 0.4) is 0 Å². The normalized spacial score (nSPS) is 13.5. The van der Waals surface area contributed by atoms with Crippen LogP contribution in [0.5, 0.6) is 0 Å². The minimum absolute atomic E-state index is 0.127. The van der Waals surface area contributed by atoms with Crippen LogP contribution in [0.4, 0.5) is 0 Å². The molecule has 1 unspecified atom stereocenters. The zero-order valence-corrected chi connectivity index (χ0v) is 48.2. The molecule has 0 N–H and O–H groups in total. The molecule has 1 atom stereocenters. The molecule has 0 fully saturated rings. The van der Waals surface area contributed by atoms with E-state index in [-0.39, 0.29) is 31.6 Å². The van der Waals surface area contributed by atoms with Crippen molar-refractivity contribution in [3.8, 4) is 0 Å². The Kier molecular flexibility index (Phi) is 57.6. The average molecular weight is 1040 g/mol. The van der Waals surface area contributed by atoms with E-state index in [9.17, 15) is 14.4 Å². The highest BCUT2D eigenvalue weighted by atomic mass is 16.6. The molecule has 0 bridgehead atoms. The summed E-state index contributed by atoms with van der Waals surface area (Å²) in [5, 5.41) is 0. The molecule has 0 saturated heterocycles. The molecule has 0 aromatic heterocycles. The Morgan fingerprint density at radius 3 is 0.855 bits per heavy atom. The zero-order valence-electron chi connectivity index (χ0n) is 48.2. The van der Waals surface area contributed by atoms with Gasteiger partial charge in [0.1, 0.15) is 13.2 Å². The Balaban J connectivity index is 4.41. The molecular formula is C70H106O6. The first kappa shape index (κ1) is 70.5. The molecule has 6 heteroatoms. The van der Waals surface area contributed by atoms with Crippen molar-refractivity contribution < 1.29 is 28.6 Å². The van der Waals surface area contributed by atoms with Gasteiger partial charge >= 0.3 is 17.9 Å². The summed E-state index contributed by atoms with van der Waals surface area (Å²) in [6, 6.07) is 0. The van der Waals surface area contributed by atoms with Gasteiger partial charge in [0.25, 0.3) is 0 Å². The molecular weight excluding hydrogens is 937 g/mol. The third-order valence-electron chi connectivity index (χ3n) is 11.7. The molecule has 0 saturated carbocycles. The van der Waals surface area contributed by atoms with E-state index in [0.717, 1.165) is 141 Å². The van der Waals surface area contributed by atoms with E-state index in [0.29, 0.717) is 19.3 Å². The van der Waals surface area contributed by atoms with E-state index in [1.54, 1.807) is 0 Å². The maximum Gasteiger partial charge on any atom is 0.306 e. The maximum absolute atomic E-state index is 12.8. The smallest absolute Gasteiger partial charge is 0.306 e. The summed E-state index contributed by atoms with van der Waals surface area (Å²) >= 11 is 0. The lowest BCUT2D eigenvalue weighted by molar-refractivity contribution is -0.166. The van der Waals surface area contributed by atoms with Gasteiger partial charge < -0.3 is 14.2 Å². The highest BCUT2D eigenvalue weighted by Crippen LogP contribution is 2.12. The maximum atomic E-state index is 12.8. The molecule has 0 aliphatic heterocycles. The van der Waals surface area contributed by atoms with Gasteiger partial charge in [0, 0.05) is 19.3 Å². The minimum atomic E-state index is -0.840. The van der Waals surface area contributed by atoms with Gasteiger partial charge in [-0.05, 0) is 128 Å². The summed E-state index contributed by atoms with van der Waals surface area (Å²) in [4.78, 5) is 38.0. The number of carbonyl (C=O) groups is 3. The fourth-order valence-corrected chi connectivity index (χ4v) is 7.28. The first-order valence-electron chi connectivity index (χ1n) is 29.8. The molecule has 0 heterocycles. The highest BCUT2D eigenvalue weighted by Gasteiger charge is 2.19. The van der Waals surface area contributed by atoms with E-state index in [2.05, 4.69) is 191 Å². The molecule has 0 aromatic carbocycles. The number of carbonyl (C=O) groups excluding carboxylic acids is 3. The lowest BCUT2D eigenvalue weighted by Crippen LogP contribution is -2.30. The molecule has 0 aromatic rings. The summed E-state index contributed by atoms with van der Waals surface area (Å²) in [6.07, 6.45) is 93.5. The molecule has 0 spiro atoms. The van der Waals surface area contributed by atoms with E-state index in [1.807, 2.05) is 12.2 Å². The molecule has 0 aliphatic rings. The zero-order chi connectivity index (χ0) is 55.0. The van der Waals surface area contributed by atoms with Gasteiger partial charge in [-0.15, -0.1) is 0 Å². The topological polar surface area (TPSA) is 78.9 Å². The van der Waals surface area contributed by atoms with Crippen LogP contribution in [0, 0.1) is 0 Å². The van der Waals surface area contributed by atoms with Crippen molar-refractivity contribution in [1.82, 2.24) is 0 Å². The quantitative estimate of drug-likeness (QED) is 0.0261. The SMILES string of the molecule is CC/C=C\C/C=C\C/C=C\C/C=C\C/C=C\C/C=C\C/C=C\C/C=C\C/C=C\CCCCCC(=O)OCC(COC(=O)CCCCCCCCCC)OC(=O)CC/C=C\C/C=C\C/C=C\C/C=C\C/C=C\C/C=C\CC. The minimum Gasteiger partial charge on any atom is -0.462 e. The first-order chi connectivity index (χ1) is 37.5. The molecule has 0 aliphatic carbocycles. The summed E-state index contributed by atoms with van der Waals surface area (Å²) in [6.45, 7) is 6.26. The molecule has 0 rings (SSSR count). The van der Waals surface area contributed by atoms with Crippen LogP contribution in [0.15, 0.2) is 182 Å². The Labute approximate surface area is 465 Å². The van der Waals surface area contributed by atoms with Crippen LogP contribution in [-0.2, 0) is 28.6 Å². The first-order valence-corrected chi connectivity index (χ1v) is 29.8. The molecule has 422 valence electrons. The fourth-order valence-electron chi connectivity index (χ4n) is 7.28. The Morgan fingerprint density at radius 1 is 0.276 bits per heavy atom. The van der Waals surface area contributed by atoms with Crippen LogP contribution in [-0.4, -0.2) is 37.2 Å². The largest absolute Gasteiger partial charge is 0.462 e. The second-order valence-corrected chi connectivity index (χ2v) is 18.8. The third-order valence-corrected chi connectivity index (χ3v) is 11.7. The third kappa shape index (κ3) is 59.4. The lowest BCUT2D eigenvalue weighted by atomic mass is 10.1. The number of rotatable bonds is 51. The van der Waals surface area contributed by atoms with Gasteiger partial charge in [-0.2, -0.15) is 0 Å².